The van der Waals surface area contributed by atoms with Crippen LogP contribution in [-0.4, -0.2) is 16.0 Å². The number of halogens is 2. The van der Waals surface area contributed by atoms with E-state index in [2.05, 4.69) is 32.1 Å². The molecular formula is C12H12BrClN2OS. The molecule has 2 rings (SSSR count). The first-order valence-electron chi connectivity index (χ1n) is 5.54. The minimum atomic E-state index is 0.615. The minimum absolute atomic E-state index is 0.615. The molecule has 0 radical (unpaired) electrons. The van der Waals surface area contributed by atoms with Gasteiger partial charge in [-0.3, -0.25) is 0 Å². The smallest absolute Gasteiger partial charge is 0.226 e. The van der Waals surface area contributed by atoms with E-state index in [1.54, 1.807) is 11.8 Å². The van der Waals surface area contributed by atoms with Crippen LogP contribution in [0.4, 0.5) is 0 Å². The van der Waals surface area contributed by atoms with Crippen molar-refractivity contribution in [1.82, 2.24) is 10.1 Å². The third kappa shape index (κ3) is 4.00. The van der Waals surface area contributed by atoms with Gasteiger partial charge >= 0.3 is 0 Å². The molecule has 96 valence electrons. The Bertz CT molecular complexity index is 506. The fraction of sp³-hybridized carbons (Fsp3) is 0.333. The van der Waals surface area contributed by atoms with Gasteiger partial charge in [0.25, 0.3) is 0 Å². The van der Waals surface area contributed by atoms with Gasteiger partial charge in [0.2, 0.25) is 5.89 Å². The van der Waals surface area contributed by atoms with Gasteiger partial charge in [-0.15, -0.1) is 23.4 Å². The molecule has 0 unspecified atom stereocenters. The number of alkyl halides is 1. The van der Waals surface area contributed by atoms with Crippen molar-refractivity contribution in [3.63, 3.8) is 0 Å². The topological polar surface area (TPSA) is 38.9 Å². The quantitative estimate of drug-likeness (QED) is 0.577. The molecule has 0 fully saturated rings. The van der Waals surface area contributed by atoms with E-state index >= 15 is 0 Å². The van der Waals surface area contributed by atoms with Gasteiger partial charge < -0.3 is 4.52 Å². The number of hydrogen-bond donors (Lipinski definition) is 0. The molecule has 0 aliphatic heterocycles. The summed E-state index contributed by atoms with van der Waals surface area (Å²) in [5.41, 5.74) is 0. The third-order valence-electron chi connectivity index (χ3n) is 2.23. The second-order valence-electron chi connectivity index (χ2n) is 3.62. The molecule has 0 N–H and O–H groups in total. The van der Waals surface area contributed by atoms with Crippen LogP contribution >= 0.6 is 39.3 Å². The average Bonchev–Trinajstić information content (AvgIpc) is 2.83. The van der Waals surface area contributed by atoms with E-state index in [0.29, 0.717) is 17.5 Å². The summed E-state index contributed by atoms with van der Waals surface area (Å²) in [5, 5.41) is 3.95. The van der Waals surface area contributed by atoms with E-state index in [1.165, 1.54) is 4.90 Å². The van der Waals surface area contributed by atoms with Gasteiger partial charge in [0.1, 0.15) is 0 Å². The van der Waals surface area contributed by atoms with Gasteiger partial charge in [-0.25, -0.2) is 0 Å². The third-order valence-corrected chi connectivity index (χ3v) is 4.52. The van der Waals surface area contributed by atoms with E-state index in [4.69, 9.17) is 16.1 Å². The maximum Gasteiger partial charge on any atom is 0.226 e. The van der Waals surface area contributed by atoms with Crippen LogP contribution in [0.3, 0.4) is 0 Å². The van der Waals surface area contributed by atoms with Crippen LogP contribution in [0.1, 0.15) is 18.1 Å². The summed E-state index contributed by atoms with van der Waals surface area (Å²) in [5.74, 6) is 2.70. The number of rotatable bonds is 6. The van der Waals surface area contributed by atoms with Crippen molar-refractivity contribution in [2.24, 2.45) is 0 Å². The maximum atomic E-state index is 5.62. The van der Waals surface area contributed by atoms with E-state index < -0.39 is 0 Å². The maximum absolute atomic E-state index is 5.62. The lowest BCUT2D eigenvalue weighted by molar-refractivity contribution is 0.373. The molecule has 6 heteroatoms. The fourth-order valence-electron chi connectivity index (χ4n) is 1.37. The van der Waals surface area contributed by atoms with E-state index in [1.807, 2.05) is 18.2 Å². The number of hydrogen-bond acceptors (Lipinski definition) is 4. The monoisotopic (exact) mass is 346 g/mol. The highest BCUT2D eigenvalue weighted by Crippen LogP contribution is 2.28. The molecular weight excluding hydrogens is 336 g/mol. The van der Waals surface area contributed by atoms with Crippen molar-refractivity contribution < 1.29 is 4.52 Å². The Hall–Kier alpha value is -0.520. The molecule has 0 atom stereocenters. The van der Waals surface area contributed by atoms with E-state index in [9.17, 15) is 0 Å². The van der Waals surface area contributed by atoms with Crippen molar-refractivity contribution in [1.29, 1.82) is 0 Å². The first kappa shape index (κ1) is 13.9. The molecule has 3 nitrogen and oxygen atoms in total. The van der Waals surface area contributed by atoms with Crippen LogP contribution in [0.25, 0.3) is 0 Å². The Morgan fingerprint density at radius 3 is 2.94 bits per heavy atom. The van der Waals surface area contributed by atoms with Crippen molar-refractivity contribution in [3.8, 4) is 0 Å². The predicted octanol–water partition coefficient (Wildman–Crippen LogP) is 4.30. The molecule has 0 spiro atoms. The lowest BCUT2D eigenvalue weighted by atomic mass is 10.3. The summed E-state index contributed by atoms with van der Waals surface area (Å²) in [6.45, 7) is 0. The summed E-state index contributed by atoms with van der Waals surface area (Å²) >= 11 is 10.8. The SMILES string of the molecule is ClCCCc1nc(CSc2ccccc2Br)no1. The highest BCUT2D eigenvalue weighted by Gasteiger charge is 2.07. The Kier molecular flexibility index (Phi) is 5.53. The average molecular weight is 348 g/mol. The molecule has 0 amide bonds. The second-order valence-corrected chi connectivity index (χ2v) is 5.87. The second kappa shape index (κ2) is 7.16. The lowest BCUT2D eigenvalue weighted by Crippen LogP contribution is -1.88. The molecule has 18 heavy (non-hydrogen) atoms. The molecule has 1 heterocycles. The zero-order valence-electron chi connectivity index (χ0n) is 9.60. The molecule has 0 bridgehead atoms. The normalized spacial score (nSPS) is 10.8. The van der Waals surface area contributed by atoms with E-state index in [-0.39, 0.29) is 0 Å². The highest BCUT2D eigenvalue weighted by atomic mass is 79.9. The molecule has 0 saturated heterocycles. The summed E-state index contributed by atoms with van der Waals surface area (Å²) in [6, 6.07) is 8.08. The van der Waals surface area contributed by atoms with Gasteiger partial charge in [0.05, 0.1) is 5.75 Å². The number of aryl methyl sites for hydroxylation is 1. The molecule has 0 aliphatic rings. The Morgan fingerprint density at radius 2 is 2.17 bits per heavy atom. The van der Waals surface area contributed by atoms with Crippen molar-refractivity contribution in [2.45, 2.75) is 23.5 Å². The van der Waals surface area contributed by atoms with Crippen molar-refractivity contribution in [2.75, 3.05) is 5.88 Å². The summed E-state index contributed by atoms with van der Waals surface area (Å²) in [6.07, 6.45) is 1.61. The van der Waals surface area contributed by atoms with Gasteiger partial charge in [-0.2, -0.15) is 4.98 Å². The summed E-state index contributed by atoms with van der Waals surface area (Å²) in [7, 11) is 0. The Morgan fingerprint density at radius 1 is 1.33 bits per heavy atom. The molecule has 0 aliphatic carbocycles. The van der Waals surface area contributed by atoms with Gasteiger partial charge in [0.15, 0.2) is 5.82 Å². The zero-order chi connectivity index (χ0) is 12.8. The number of thioether (sulfide) groups is 1. The highest BCUT2D eigenvalue weighted by molar-refractivity contribution is 9.10. The largest absolute Gasteiger partial charge is 0.339 e. The standard InChI is InChI=1S/C12H12BrClN2OS/c13-9-4-1-2-5-10(9)18-8-11-15-12(17-16-11)6-3-7-14/h1-2,4-5H,3,6-8H2. The number of benzene rings is 1. The van der Waals surface area contributed by atoms with Crippen LogP contribution in [0.5, 0.6) is 0 Å². The lowest BCUT2D eigenvalue weighted by Gasteiger charge is -2.00. The molecule has 2 aromatic rings. The minimum Gasteiger partial charge on any atom is -0.339 e. The number of nitrogens with zero attached hydrogens (tertiary/aromatic N) is 2. The number of aromatic nitrogens is 2. The van der Waals surface area contributed by atoms with Gasteiger partial charge in [-0.05, 0) is 34.5 Å². The van der Waals surface area contributed by atoms with E-state index in [0.717, 1.165) is 23.1 Å². The van der Waals surface area contributed by atoms with Gasteiger partial charge in [0, 0.05) is 21.7 Å². The van der Waals surface area contributed by atoms with Crippen LogP contribution in [-0.2, 0) is 12.2 Å². The fourth-order valence-corrected chi connectivity index (χ4v) is 2.92. The van der Waals surface area contributed by atoms with Crippen LogP contribution < -0.4 is 0 Å². The summed E-state index contributed by atoms with van der Waals surface area (Å²) < 4.78 is 6.22. The molecule has 0 saturated carbocycles. The molecule has 1 aromatic heterocycles. The van der Waals surface area contributed by atoms with Crippen LogP contribution in [0, 0.1) is 0 Å². The van der Waals surface area contributed by atoms with Crippen molar-refractivity contribution in [3.05, 3.63) is 40.5 Å². The molecule has 1 aromatic carbocycles. The summed E-state index contributed by atoms with van der Waals surface area (Å²) in [4.78, 5) is 5.49. The first-order valence-corrected chi connectivity index (χ1v) is 7.85. The Balaban J connectivity index is 1.90. The predicted molar refractivity (Wildman–Crippen MR) is 77.0 cm³/mol. The van der Waals surface area contributed by atoms with Crippen LogP contribution in [0.2, 0.25) is 0 Å². The Labute approximate surface area is 123 Å². The van der Waals surface area contributed by atoms with Crippen molar-refractivity contribution >= 4 is 39.3 Å². The van der Waals surface area contributed by atoms with Gasteiger partial charge in [-0.1, -0.05) is 17.3 Å². The first-order chi connectivity index (χ1) is 8.79. The zero-order valence-corrected chi connectivity index (χ0v) is 12.8. The van der Waals surface area contributed by atoms with Crippen LogP contribution in [0.15, 0.2) is 38.2 Å².